The highest BCUT2D eigenvalue weighted by molar-refractivity contribution is 7.66. The molecule has 21 nitrogen and oxygen atoms in total. The molecular formula is C17H22N2O19P4. The summed E-state index contributed by atoms with van der Waals surface area (Å²) in [6, 6.07) is 8.28. The quantitative estimate of drug-likeness (QED) is 0.0981. The zero-order valence-corrected chi connectivity index (χ0v) is 24.1. The first-order chi connectivity index (χ1) is 19.2. The van der Waals surface area contributed by atoms with Crippen molar-refractivity contribution in [1.29, 1.82) is 0 Å². The van der Waals surface area contributed by atoms with Gasteiger partial charge in [0.05, 0.1) is 13.2 Å². The number of aliphatic hydroxyl groups is 1. The zero-order chi connectivity index (χ0) is 31.7. The number of ether oxygens (including phenoxy) is 1. The van der Waals surface area contributed by atoms with Gasteiger partial charge in [-0.3, -0.25) is 27.8 Å². The molecule has 0 amide bonds. The van der Waals surface area contributed by atoms with Crippen LogP contribution in [0.15, 0.2) is 52.2 Å². The number of aromatic nitrogens is 2. The van der Waals surface area contributed by atoms with Crippen molar-refractivity contribution in [1.82, 2.24) is 9.13 Å². The molecule has 2 aromatic rings. The Labute approximate surface area is 233 Å². The minimum absolute atomic E-state index is 0.140. The maximum absolute atomic E-state index is 13.1. The summed E-state index contributed by atoms with van der Waals surface area (Å²) >= 11 is 0. The maximum atomic E-state index is 13.1. The predicted molar refractivity (Wildman–Crippen MR) is 132 cm³/mol. The number of carbonyl (C=O) groups is 1. The van der Waals surface area contributed by atoms with Crippen LogP contribution in [0.4, 0.5) is 0 Å². The largest absolute Gasteiger partial charge is 0.490 e. The van der Waals surface area contributed by atoms with Crippen LogP contribution in [0.1, 0.15) is 16.6 Å². The lowest BCUT2D eigenvalue weighted by Crippen LogP contribution is -2.44. The second-order valence-electron chi connectivity index (χ2n) is 8.22. The average molecular weight is 682 g/mol. The molecule has 1 aromatic carbocycles. The summed E-state index contributed by atoms with van der Waals surface area (Å²) < 4.78 is 68.1. The number of hydrogen-bond donors (Lipinski definition) is 7. The Bertz CT molecular complexity index is 1610. The van der Waals surface area contributed by atoms with Crippen LogP contribution >= 0.6 is 31.3 Å². The van der Waals surface area contributed by atoms with Gasteiger partial charge < -0.3 is 39.2 Å². The number of benzene rings is 1. The van der Waals surface area contributed by atoms with Gasteiger partial charge in [0.15, 0.2) is 12.0 Å². The normalized spacial score (nSPS) is 24.2. The van der Waals surface area contributed by atoms with Gasteiger partial charge in [0.1, 0.15) is 18.3 Å². The van der Waals surface area contributed by atoms with Gasteiger partial charge in [0.2, 0.25) is 0 Å². The van der Waals surface area contributed by atoms with Crippen molar-refractivity contribution in [3.8, 4) is 0 Å². The van der Waals surface area contributed by atoms with Gasteiger partial charge in [-0.15, -0.1) is 0 Å². The standard InChI is InChI=1S/C17H22N2O19P4/c20-11(10-4-2-1-3-5-10)8-19-13(21)6-7-18(17(19)23)16-15(36-39(24,25)26)14(22)12(35-16)9-34-41(30,31)38-42(32,33)37-40(27,28)29/h1-7,12,14-16,22H,8-9H2,(H,30,31)(H,32,33)(H2,24,25,26)(H2,27,28,29)/t12-,14-,15-,16-/m1/s1. The number of hydrogen-bond acceptors (Lipinski definition) is 13. The van der Waals surface area contributed by atoms with Gasteiger partial charge in [-0.25, -0.2) is 23.1 Å². The Balaban J connectivity index is 1.88. The Hall–Kier alpha value is -1.99. The smallest absolute Gasteiger partial charge is 0.387 e. The average Bonchev–Trinajstić information content (AvgIpc) is 3.12. The van der Waals surface area contributed by atoms with Gasteiger partial charge in [-0.2, -0.15) is 8.62 Å². The molecule has 0 saturated carbocycles. The molecule has 3 rings (SSSR count). The highest BCUT2D eigenvalue weighted by Crippen LogP contribution is 2.66. The third kappa shape index (κ3) is 9.51. The molecule has 2 unspecified atom stereocenters. The van der Waals surface area contributed by atoms with Gasteiger partial charge in [-0.05, 0) is 0 Å². The van der Waals surface area contributed by atoms with Crippen LogP contribution in [-0.4, -0.2) is 74.3 Å². The predicted octanol–water partition coefficient (Wildman–Crippen LogP) is -1.03. The summed E-state index contributed by atoms with van der Waals surface area (Å²) in [6.45, 7) is -2.07. The lowest BCUT2D eigenvalue weighted by Gasteiger charge is -2.23. The van der Waals surface area contributed by atoms with Crippen molar-refractivity contribution in [2.75, 3.05) is 6.61 Å². The molecule has 234 valence electrons. The number of Topliss-reactive ketones (excluding diaryl/α,β-unsaturated/α-hetero) is 1. The molecule has 25 heteroatoms. The fourth-order valence-electron chi connectivity index (χ4n) is 3.55. The second-order valence-corrected chi connectivity index (χ2v) is 13.8. The maximum Gasteiger partial charge on any atom is 0.490 e. The topological polar surface area (TPSA) is 317 Å². The molecule has 0 aliphatic carbocycles. The second kappa shape index (κ2) is 12.9. The van der Waals surface area contributed by atoms with Gasteiger partial charge in [0.25, 0.3) is 5.56 Å². The molecule has 7 N–H and O–H groups in total. The molecule has 2 heterocycles. The highest BCUT2D eigenvalue weighted by Gasteiger charge is 2.50. The Morgan fingerprint density at radius 1 is 0.881 bits per heavy atom. The molecule has 6 atom stereocenters. The van der Waals surface area contributed by atoms with Crippen molar-refractivity contribution < 1.29 is 79.9 Å². The van der Waals surface area contributed by atoms with E-state index in [9.17, 15) is 57.3 Å². The lowest BCUT2D eigenvalue weighted by molar-refractivity contribution is -0.0540. The van der Waals surface area contributed by atoms with Crippen molar-refractivity contribution in [3.63, 3.8) is 0 Å². The number of rotatable bonds is 13. The van der Waals surface area contributed by atoms with Crippen LogP contribution in [0.2, 0.25) is 0 Å². The van der Waals surface area contributed by atoms with Crippen LogP contribution in [0.3, 0.4) is 0 Å². The van der Waals surface area contributed by atoms with E-state index >= 15 is 0 Å². The van der Waals surface area contributed by atoms with Crippen molar-refractivity contribution >= 4 is 37.1 Å². The van der Waals surface area contributed by atoms with Gasteiger partial charge in [-0.1, -0.05) is 30.3 Å². The van der Waals surface area contributed by atoms with E-state index in [1.807, 2.05) is 0 Å². The summed E-state index contributed by atoms with van der Waals surface area (Å²) in [5.41, 5.74) is -2.09. The summed E-state index contributed by atoms with van der Waals surface area (Å²) in [5, 5.41) is 10.6. The van der Waals surface area contributed by atoms with E-state index < -0.39 is 86.0 Å². The molecule has 0 bridgehead atoms. The van der Waals surface area contributed by atoms with Gasteiger partial charge >= 0.3 is 37.0 Å². The Kier molecular flexibility index (Phi) is 10.6. The molecule has 1 saturated heterocycles. The molecule has 1 aliphatic heterocycles. The van der Waals surface area contributed by atoms with Crippen LogP contribution in [0, 0.1) is 0 Å². The highest BCUT2D eigenvalue weighted by atomic mass is 31.3. The first kappa shape index (κ1) is 34.5. The van der Waals surface area contributed by atoms with Crippen LogP contribution < -0.4 is 11.2 Å². The van der Waals surface area contributed by atoms with E-state index in [1.54, 1.807) is 6.07 Å². The van der Waals surface area contributed by atoms with E-state index in [0.29, 0.717) is 9.13 Å². The summed E-state index contributed by atoms with van der Waals surface area (Å²) in [5.74, 6) is -0.670. The number of phosphoric ester groups is 2. The number of phosphoric acid groups is 4. The molecular weight excluding hydrogens is 660 g/mol. The molecule has 1 fully saturated rings. The van der Waals surface area contributed by atoms with Crippen LogP contribution in [0.25, 0.3) is 0 Å². The van der Waals surface area contributed by atoms with Crippen molar-refractivity contribution in [2.45, 2.75) is 31.1 Å². The number of aliphatic hydroxyl groups excluding tert-OH is 1. The first-order valence-electron chi connectivity index (χ1n) is 10.9. The third-order valence-electron chi connectivity index (χ3n) is 5.16. The fraction of sp³-hybridized carbons (Fsp3) is 0.353. The fourth-order valence-corrected chi connectivity index (χ4v) is 7.13. The van der Waals surface area contributed by atoms with Crippen molar-refractivity contribution in [3.05, 3.63) is 69.0 Å². The monoisotopic (exact) mass is 682 g/mol. The number of ketones is 1. The third-order valence-corrected chi connectivity index (χ3v) is 9.48. The minimum Gasteiger partial charge on any atom is -0.387 e. The van der Waals surface area contributed by atoms with Crippen LogP contribution in [-0.2, 0) is 47.2 Å². The van der Waals surface area contributed by atoms with E-state index in [1.165, 1.54) is 24.3 Å². The van der Waals surface area contributed by atoms with E-state index in [-0.39, 0.29) is 5.56 Å². The minimum atomic E-state index is -5.90. The van der Waals surface area contributed by atoms with E-state index in [4.69, 9.17) is 14.5 Å². The Morgan fingerprint density at radius 3 is 2.07 bits per heavy atom. The zero-order valence-electron chi connectivity index (χ0n) is 20.5. The van der Waals surface area contributed by atoms with E-state index in [0.717, 1.165) is 12.3 Å². The Morgan fingerprint density at radius 2 is 1.50 bits per heavy atom. The lowest BCUT2D eigenvalue weighted by atomic mass is 10.1. The molecule has 1 aromatic heterocycles. The SMILES string of the molecule is O=C(Cn1c(=O)ccn([C@@H]2O[C@H](COP(=O)(O)OP(=O)(O)OP(=O)(O)O)[C@@H](O)[C@H]2OP(=O)(O)O)c1=O)c1ccccc1. The number of carbonyl (C=O) groups excluding carboxylic acids is 1. The van der Waals surface area contributed by atoms with Crippen molar-refractivity contribution in [2.24, 2.45) is 0 Å². The van der Waals surface area contributed by atoms with Gasteiger partial charge in [0, 0.05) is 17.8 Å². The summed E-state index contributed by atoms with van der Waals surface area (Å²) in [6.07, 6.45) is -7.41. The molecule has 0 radical (unpaired) electrons. The summed E-state index contributed by atoms with van der Waals surface area (Å²) in [4.78, 5) is 92.8. The molecule has 0 spiro atoms. The van der Waals surface area contributed by atoms with Crippen LogP contribution in [0.5, 0.6) is 0 Å². The summed E-state index contributed by atoms with van der Waals surface area (Å²) in [7, 11) is -22.8. The molecule has 42 heavy (non-hydrogen) atoms. The van der Waals surface area contributed by atoms with E-state index in [2.05, 4.69) is 17.7 Å². The first-order valence-corrected chi connectivity index (χ1v) is 17.0. The number of nitrogens with zero attached hydrogens (tertiary/aromatic N) is 2. The molecule has 1 aliphatic rings.